The largest absolute Gasteiger partial charge is 0.481 e. The molecule has 4 heterocycles. The van der Waals surface area contributed by atoms with Crippen molar-refractivity contribution in [1.82, 2.24) is 14.8 Å². The number of aromatic nitrogens is 1. The van der Waals surface area contributed by atoms with Crippen LogP contribution in [-0.2, 0) is 16.1 Å². The summed E-state index contributed by atoms with van der Waals surface area (Å²) >= 11 is 0. The molecule has 3 aliphatic rings. The van der Waals surface area contributed by atoms with Gasteiger partial charge in [-0.05, 0) is 44.5 Å². The number of likely N-dealkylation sites (N-methyl/N-ethyl adjacent to an activating group) is 1. The third-order valence-corrected chi connectivity index (χ3v) is 6.59. The number of fused-ring (bicyclic) bond motifs is 1. The average molecular weight is 374 g/mol. The topological polar surface area (TPSA) is 69.1 Å². The second-order valence-corrected chi connectivity index (χ2v) is 8.17. The Morgan fingerprint density at radius 2 is 2.07 bits per heavy atom. The van der Waals surface area contributed by atoms with E-state index in [0.717, 1.165) is 71.1 Å². The Bertz CT molecular complexity index is 662. The number of anilines is 1. The maximum atomic E-state index is 12.1. The fourth-order valence-electron chi connectivity index (χ4n) is 4.91. The Morgan fingerprint density at radius 3 is 2.78 bits per heavy atom. The molecule has 0 amide bonds. The van der Waals surface area contributed by atoms with Crippen LogP contribution in [0.2, 0.25) is 0 Å². The predicted molar refractivity (Wildman–Crippen MR) is 103 cm³/mol. The maximum absolute atomic E-state index is 12.1. The lowest BCUT2D eigenvalue weighted by atomic mass is 9.68. The highest BCUT2D eigenvalue weighted by molar-refractivity contribution is 5.76. The van der Waals surface area contributed by atoms with Gasteiger partial charge in [-0.3, -0.25) is 9.69 Å². The smallest absolute Gasteiger partial charge is 0.311 e. The van der Waals surface area contributed by atoms with Gasteiger partial charge in [-0.2, -0.15) is 0 Å². The Kier molecular flexibility index (Phi) is 5.34. The molecule has 0 spiro atoms. The van der Waals surface area contributed by atoms with Crippen molar-refractivity contribution in [2.24, 2.45) is 5.41 Å². The molecule has 3 saturated heterocycles. The number of likely N-dealkylation sites (tertiary alicyclic amines) is 1. The van der Waals surface area contributed by atoms with Crippen molar-refractivity contribution in [3.05, 3.63) is 23.9 Å². The molecule has 0 unspecified atom stereocenters. The number of carboxylic acid groups (broad SMARTS) is 1. The molecule has 0 aliphatic carbocycles. The third-order valence-electron chi connectivity index (χ3n) is 6.59. The van der Waals surface area contributed by atoms with Crippen LogP contribution in [0.5, 0.6) is 0 Å². The number of piperidine rings is 2. The number of hydrogen-bond acceptors (Lipinski definition) is 6. The second kappa shape index (κ2) is 7.73. The minimum atomic E-state index is -0.632. The summed E-state index contributed by atoms with van der Waals surface area (Å²) in [5.41, 5.74) is 0.618. The van der Waals surface area contributed by atoms with Crippen LogP contribution in [0.25, 0.3) is 0 Å². The van der Waals surface area contributed by atoms with Gasteiger partial charge < -0.3 is 19.6 Å². The number of ether oxygens (including phenoxy) is 1. The summed E-state index contributed by atoms with van der Waals surface area (Å²) < 4.78 is 5.40. The Morgan fingerprint density at radius 1 is 1.26 bits per heavy atom. The van der Waals surface area contributed by atoms with Crippen LogP contribution in [0.3, 0.4) is 0 Å². The molecule has 148 valence electrons. The average Bonchev–Trinajstić information content (AvgIpc) is 2.69. The van der Waals surface area contributed by atoms with E-state index >= 15 is 0 Å². The van der Waals surface area contributed by atoms with Crippen LogP contribution in [0.15, 0.2) is 18.3 Å². The Labute approximate surface area is 160 Å². The molecule has 1 aromatic rings. The fourth-order valence-corrected chi connectivity index (χ4v) is 4.91. The third kappa shape index (κ3) is 3.68. The molecular formula is C20H30N4O3. The van der Waals surface area contributed by atoms with Gasteiger partial charge in [0.1, 0.15) is 5.82 Å². The molecule has 7 heteroatoms. The first-order chi connectivity index (χ1) is 13.1. The highest BCUT2D eigenvalue weighted by Gasteiger charge is 2.52. The number of nitrogens with zero attached hydrogens (tertiary/aromatic N) is 4. The summed E-state index contributed by atoms with van der Waals surface area (Å²) in [4.78, 5) is 23.6. The maximum Gasteiger partial charge on any atom is 0.311 e. The first-order valence-corrected chi connectivity index (χ1v) is 10.0. The van der Waals surface area contributed by atoms with Crippen molar-refractivity contribution >= 4 is 11.8 Å². The van der Waals surface area contributed by atoms with E-state index in [2.05, 4.69) is 33.9 Å². The van der Waals surface area contributed by atoms with Gasteiger partial charge in [-0.15, -0.1) is 0 Å². The summed E-state index contributed by atoms with van der Waals surface area (Å²) in [6.45, 7) is 6.92. The zero-order valence-corrected chi connectivity index (χ0v) is 16.1. The van der Waals surface area contributed by atoms with Gasteiger partial charge in [0.25, 0.3) is 0 Å². The van der Waals surface area contributed by atoms with E-state index in [-0.39, 0.29) is 6.04 Å². The van der Waals surface area contributed by atoms with Gasteiger partial charge in [0.2, 0.25) is 0 Å². The fraction of sp³-hybridized carbons (Fsp3) is 0.700. The predicted octanol–water partition coefficient (Wildman–Crippen LogP) is 1.29. The van der Waals surface area contributed by atoms with Crippen molar-refractivity contribution in [1.29, 1.82) is 0 Å². The standard InChI is InChI=1S/C20H30N4O3/c1-22-7-2-5-20(19(25)26)6-8-24(15-17(20)22)18-4-3-16(13-21-18)14-23-9-11-27-12-10-23/h3-4,13,17H,2,5-12,14-15H2,1H3,(H,25,26)/t17-,20+/m1/s1. The summed E-state index contributed by atoms with van der Waals surface area (Å²) in [6, 6.07) is 4.29. The van der Waals surface area contributed by atoms with Gasteiger partial charge in [0.05, 0.1) is 18.6 Å². The van der Waals surface area contributed by atoms with Crippen LogP contribution in [0.4, 0.5) is 5.82 Å². The number of carboxylic acids is 1. The van der Waals surface area contributed by atoms with Crippen LogP contribution in [0.1, 0.15) is 24.8 Å². The van der Waals surface area contributed by atoms with Crippen molar-refractivity contribution in [2.75, 3.05) is 57.9 Å². The van der Waals surface area contributed by atoms with E-state index in [0.29, 0.717) is 6.42 Å². The highest BCUT2D eigenvalue weighted by Crippen LogP contribution is 2.42. The summed E-state index contributed by atoms with van der Waals surface area (Å²) in [7, 11) is 2.06. The minimum absolute atomic E-state index is 0.0485. The molecule has 27 heavy (non-hydrogen) atoms. The van der Waals surface area contributed by atoms with Gasteiger partial charge in [-0.1, -0.05) is 6.07 Å². The van der Waals surface area contributed by atoms with Gasteiger partial charge in [-0.25, -0.2) is 4.98 Å². The van der Waals surface area contributed by atoms with E-state index in [4.69, 9.17) is 9.72 Å². The van der Waals surface area contributed by atoms with Gasteiger partial charge in [0, 0.05) is 45.0 Å². The van der Waals surface area contributed by atoms with E-state index in [9.17, 15) is 9.90 Å². The Hall–Kier alpha value is -1.70. The Balaban J connectivity index is 1.44. The van der Waals surface area contributed by atoms with Crippen LogP contribution in [0, 0.1) is 5.41 Å². The molecule has 0 aromatic carbocycles. The zero-order valence-electron chi connectivity index (χ0n) is 16.1. The molecule has 1 N–H and O–H groups in total. The number of morpholine rings is 1. The van der Waals surface area contributed by atoms with E-state index in [1.54, 1.807) is 0 Å². The van der Waals surface area contributed by atoms with Crippen molar-refractivity contribution in [2.45, 2.75) is 31.8 Å². The van der Waals surface area contributed by atoms with Crippen molar-refractivity contribution in [3.63, 3.8) is 0 Å². The van der Waals surface area contributed by atoms with Crippen molar-refractivity contribution in [3.8, 4) is 0 Å². The molecule has 0 saturated carbocycles. The van der Waals surface area contributed by atoms with E-state index in [1.807, 2.05) is 6.20 Å². The number of rotatable bonds is 4. The van der Waals surface area contributed by atoms with Crippen LogP contribution in [-0.4, -0.2) is 84.9 Å². The lowest BCUT2D eigenvalue weighted by Gasteiger charge is -2.52. The van der Waals surface area contributed by atoms with Crippen molar-refractivity contribution < 1.29 is 14.6 Å². The molecule has 3 fully saturated rings. The molecule has 3 aliphatic heterocycles. The minimum Gasteiger partial charge on any atom is -0.481 e. The number of hydrogen-bond donors (Lipinski definition) is 1. The molecule has 4 rings (SSSR count). The van der Waals surface area contributed by atoms with Gasteiger partial charge in [0.15, 0.2) is 0 Å². The number of aliphatic carboxylic acids is 1. The lowest BCUT2D eigenvalue weighted by Crippen LogP contribution is -2.63. The molecule has 7 nitrogen and oxygen atoms in total. The van der Waals surface area contributed by atoms with E-state index < -0.39 is 11.4 Å². The number of pyridine rings is 1. The van der Waals surface area contributed by atoms with E-state index in [1.165, 1.54) is 5.56 Å². The first-order valence-electron chi connectivity index (χ1n) is 10.0. The molecule has 1 aromatic heterocycles. The van der Waals surface area contributed by atoms with Gasteiger partial charge >= 0.3 is 5.97 Å². The lowest BCUT2D eigenvalue weighted by molar-refractivity contribution is -0.158. The highest BCUT2D eigenvalue weighted by atomic mass is 16.5. The number of carbonyl (C=O) groups is 1. The zero-order chi connectivity index (χ0) is 18.9. The quantitative estimate of drug-likeness (QED) is 0.852. The van der Waals surface area contributed by atoms with Crippen LogP contribution < -0.4 is 4.90 Å². The normalized spacial score (nSPS) is 30.1. The van der Waals surface area contributed by atoms with Crippen LogP contribution >= 0.6 is 0 Å². The SMILES string of the molecule is CN1CCC[C@]2(C(=O)O)CCN(c3ccc(CN4CCOCC4)cn3)C[C@@H]12. The monoisotopic (exact) mass is 374 g/mol. The first kappa shape index (κ1) is 18.7. The summed E-state index contributed by atoms with van der Waals surface area (Å²) in [5.74, 6) is 0.325. The molecule has 2 atom stereocenters. The molecular weight excluding hydrogens is 344 g/mol. The molecule has 0 radical (unpaired) electrons. The second-order valence-electron chi connectivity index (χ2n) is 8.17. The summed E-state index contributed by atoms with van der Waals surface area (Å²) in [5, 5.41) is 9.92. The summed E-state index contributed by atoms with van der Waals surface area (Å²) in [6.07, 6.45) is 4.41. The molecule has 0 bridgehead atoms.